The van der Waals surface area contributed by atoms with E-state index in [1.54, 1.807) is 6.07 Å². The first kappa shape index (κ1) is 11.9. The Morgan fingerprint density at radius 1 is 1.41 bits per heavy atom. The van der Waals surface area contributed by atoms with Gasteiger partial charge in [-0.1, -0.05) is 20.3 Å². The van der Waals surface area contributed by atoms with Gasteiger partial charge in [0.15, 0.2) is 0 Å². The zero-order chi connectivity index (χ0) is 12.4. The molecular formula is C13H18FN3. The van der Waals surface area contributed by atoms with Crippen molar-refractivity contribution >= 4 is 17.0 Å². The number of nitrogens with zero attached hydrogens (tertiary/aromatic N) is 2. The van der Waals surface area contributed by atoms with Crippen molar-refractivity contribution < 1.29 is 4.39 Å². The molecule has 4 heteroatoms. The number of imidazole rings is 1. The Kier molecular flexibility index (Phi) is 3.31. The molecule has 2 aromatic rings. The maximum atomic E-state index is 13.3. The molecule has 0 saturated carbocycles. The molecular weight excluding hydrogens is 217 g/mol. The Bertz CT molecular complexity index is 519. The number of nitrogens with two attached hydrogens (primary N) is 1. The number of anilines is 1. The van der Waals surface area contributed by atoms with Crippen molar-refractivity contribution in [2.75, 3.05) is 5.73 Å². The summed E-state index contributed by atoms with van der Waals surface area (Å²) in [7, 11) is 0. The van der Waals surface area contributed by atoms with Crippen LogP contribution >= 0.6 is 0 Å². The fourth-order valence-corrected chi connectivity index (χ4v) is 2.32. The molecule has 0 bridgehead atoms. The molecule has 0 fully saturated rings. The van der Waals surface area contributed by atoms with Gasteiger partial charge in [-0.05, 0) is 31.0 Å². The van der Waals surface area contributed by atoms with Crippen molar-refractivity contribution in [2.45, 2.75) is 39.2 Å². The molecule has 0 aliphatic carbocycles. The minimum Gasteiger partial charge on any atom is -0.369 e. The molecule has 0 aliphatic heterocycles. The average Bonchev–Trinajstić information content (AvgIpc) is 2.62. The van der Waals surface area contributed by atoms with Crippen LogP contribution in [0.5, 0.6) is 0 Å². The highest BCUT2D eigenvalue weighted by atomic mass is 19.1. The van der Waals surface area contributed by atoms with Crippen LogP contribution in [0.25, 0.3) is 11.0 Å². The van der Waals surface area contributed by atoms with Gasteiger partial charge in [-0.2, -0.15) is 0 Å². The van der Waals surface area contributed by atoms with Crippen LogP contribution in [0.2, 0.25) is 0 Å². The number of hydrogen-bond acceptors (Lipinski definition) is 2. The lowest BCUT2D eigenvalue weighted by Crippen LogP contribution is -2.11. The lowest BCUT2D eigenvalue weighted by molar-refractivity contribution is 0.462. The molecule has 2 rings (SSSR count). The van der Waals surface area contributed by atoms with Crippen molar-refractivity contribution in [1.29, 1.82) is 0 Å². The highest BCUT2D eigenvalue weighted by Gasteiger charge is 2.15. The lowest BCUT2D eigenvalue weighted by atomic mass is 10.1. The van der Waals surface area contributed by atoms with E-state index >= 15 is 0 Å². The largest absolute Gasteiger partial charge is 0.369 e. The van der Waals surface area contributed by atoms with Crippen molar-refractivity contribution in [2.24, 2.45) is 0 Å². The molecule has 0 amide bonds. The Morgan fingerprint density at radius 3 is 2.82 bits per heavy atom. The number of aromatic nitrogens is 2. The first-order valence-electron chi connectivity index (χ1n) is 6.10. The van der Waals surface area contributed by atoms with Gasteiger partial charge >= 0.3 is 0 Å². The van der Waals surface area contributed by atoms with E-state index in [2.05, 4.69) is 18.8 Å². The van der Waals surface area contributed by atoms with Crippen molar-refractivity contribution in [3.05, 3.63) is 24.0 Å². The van der Waals surface area contributed by atoms with Gasteiger partial charge in [-0.15, -0.1) is 0 Å². The number of rotatable bonds is 4. The Balaban J connectivity index is 2.57. The third-order valence-corrected chi connectivity index (χ3v) is 3.14. The lowest BCUT2D eigenvalue weighted by Gasteiger charge is -2.18. The van der Waals surface area contributed by atoms with Crippen LogP contribution in [0.15, 0.2) is 18.2 Å². The maximum absolute atomic E-state index is 13.3. The predicted molar refractivity (Wildman–Crippen MR) is 68.3 cm³/mol. The van der Waals surface area contributed by atoms with Crippen LogP contribution in [0.4, 0.5) is 10.3 Å². The zero-order valence-electron chi connectivity index (χ0n) is 10.3. The molecule has 1 atom stereocenters. The van der Waals surface area contributed by atoms with E-state index in [4.69, 9.17) is 5.73 Å². The SMILES string of the molecule is CCCC(CC)n1c(N)nc2ccc(F)cc21. The van der Waals surface area contributed by atoms with Crippen LogP contribution in [-0.4, -0.2) is 9.55 Å². The molecule has 0 spiro atoms. The number of fused-ring (bicyclic) bond motifs is 1. The van der Waals surface area contributed by atoms with E-state index in [-0.39, 0.29) is 5.82 Å². The summed E-state index contributed by atoms with van der Waals surface area (Å²) in [5.74, 6) is 0.232. The van der Waals surface area contributed by atoms with Crippen LogP contribution < -0.4 is 5.73 Å². The monoisotopic (exact) mass is 235 g/mol. The normalized spacial score (nSPS) is 13.1. The quantitative estimate of drug-likeness (QED) is 0.881. The topological polar surface area (TPSA) is 43.8 Å². The smallest absolute Gasteiger partial charge is 0.201 e. The standard InChI is InChI=1S/C13H18FN3/c1-3-5-10(4-2)17-12-8-9(14)6-7-11(12)16-13(17)15/h6-8,10H,3-5H2,1-2H3,(H2,15,16). The maximum Gasteiger partial charge on any atom is 0.201 e. The van der Waals surface area contributed by atoms with Crippen LogP contribution in [0.1, 0.15) is 39.2 Å². The first-order chi connectivity index (χ1) is 8.17. The van der Waals surface area contributed by atoms with E-state index in [1.807, 2.05) is 4.57 Å². The van der Waals surface area contributed by atoms with Gasteiger partial charge in [-0.3, -0.25) is 0 Å². The molecule has 0 radical (unpaired) electrons. The van der Waals surface area contributed by atoms with Crippen molar-refractivity contribution in [3.63, 3.8) is 0 Å². The minimum atomic E-state index is -0.245. The number of hydrogen-bond donors (Lipinski definition) is 1. The molecule has 1 heterocycles. The van der Waals surface area contributed by atoms with Gasteiger partial charge in [-0.25, -0.2) is 9.37 Å². The van der Waals surface area contributed by atoms with Gasteiger partial charge in [0.25, 0.3) is 0 Å². The van der Waals surface area contributed by atoms with Crippen molar-refractivity contribution in [3.8, 4) is 0 Å². The summed E-state index contributed by atoms with van der Waals surface area (Å²) in [6, 6.07) is 4.90. The fraction of sp³-hybridized carbons (Fsp3) is 0.462. The Morgan fingerprint density at radius 2 is 2.18 bits per heavy atom. The average molecular weight is 235 g/mol. The van der Waals surface area contributed by atoms with Gasteiger partial charge in [0.05, 0.1) is 11.0 Å². The summed E-state index contributed by atoms with van der Waals surface area (Å²) in [5, 5.41) is 0. The number of halogens is 1. The van der Waals surface area contributed by atoms with E-state index in [0.717, 1.165) is 30.3 Å². The predicted octanol–water partition coefficient (Wildman–Crippen LogP) is 3.51. The third kappa shape index (κ3) is 2.12. The van der Waals surface area contributed by atoms with Gasteiger partial charge < -0.3 is 10.3 Å². The molecule has 1 unspecified atom stereocenters. The fourth-order valence-electron chi connectivity index (χ4n) is 2.32. The van der Waals surface area contributed by atoms with Crippen LogP contribution in [0.3, 0.4) is 0 Å². The van der Waals surface area contributed by atoms with Crippen molar-refractivity contribution in [1.82, 2.24) is 9.55 Å². The van der Waals surface area contributed by atoms with E-state index in [0.29, 0.717) is 12.0 Å². The molecule has 1 aromatic heterocycles. The summed E-state index contributed by atoms with van der Waals surface area (Å²) < 4.78 is 15.3. The second kappa shape index (κ2) is 4.73. The van der Waals surface area contributed by atoms with E-state index in [9.17, 15) is 4.39 Å². The highest BCUT2D eigenvalue weighted by Crippen LogP contribution is 2.28. The molecule has 2 N–H and O–H groups in total. The van der Waals surface area contributed by atoms with E-state index in [1.165, 1.54) is 12.1 Å². The summed E-state index contributed by atoms with van der Waals surface area (Å²) in [5.41, 5.74) is 7.50. The minimum absolute atomic E-state index is 0.245. The van der Waals surface area contributed by atoms with Crippen LogP contribution in [0, 0.1) is 5.82 Å². The van der Waals surface area contributed by atoms with Gasteiger partial charge in [0.2, 0.25) is 5.95 Å². The molecule has 17 heavy (non-hydrogen) atoms. The molecule has 0 saturated heterocycles. The summed E-state index contributed by atoms with van der Waals surface area (Å²) >= 11 is 0. The van der Waals surface area contributed by atoms with Gasteiger partial charge in [0, 0.05) is 6.04 Å². The summed E-state index contributed by atoms with van der Waals surface area (Å²) in [6.07, 6.45) is 3.08. The van der Waals surface area contributed by atoms with E-state index < -0.39 is 0 Å². The summed E-state index contributed by atoms with van der Waals surface area (Å²) in [4.78, 5) is 4.28. The highest BCUT2D eigenvalue weighted by molar-refractivity contribution is 5.78. The van der Waals surface area contributed by atoms with Crippen LogP contribution in [-0.2, 0) is 0 Å². The molecule has 3 nitrogen and oxygen atoms in total. The number of nitrogen functional groups attached to an aromatic ring is 1. The number of benzene rings is 1. The first-order valence-corrected chi connectivity index (χ1v) is 6.10. The van der Waals surface area contributed by atoms with Gasteiger partial charge in [0.1, 0.15) is 5.82 Å². The molecule has 1 aromatic carbocycles. The second-order valence-electron chi connectivity index (χ2n) is 4.32. The molecule has 0 aliphatic rings. The zero-order valence-corrected chi connectivity index (χ0v) is 10.3. The summed E-state index contributed by atoms with van der Waals surface area (Å²) in [6.45, 7) is 4.25. The Labute approximate surface area is 100 Å². The molecule has 92 valence electrons. The Hall–Kier alpha value is -1.58. The third-order valence-electron chi connectivity index (χ3n) is 3.14. The second-order valence-corrected chi connectivity index (χ2v) is 4.32.